The molecule has 2 aliphatic heterocycles. The molecule has 4 aliphatic rings. The Bertz CT molecular complexity index is 3980. The molecule has 0 amide bonds. The molecule has 0 aromatic heterocycles. The third-order valence-corrected chi connectivity index (χ3v) is 15.7. The van der Waals surface area contributed by atoms with Gasteiger partial charge in [-0.1, -0.05) is 187 Å². The van der Waals surface area contributed by atoms with Gasteiger partial charge in [-0.2, -0.15) is 10.5 Å². The molecule has 2 aliphatic carbocycles. The maximum Gasteiger partial charge on any atom is 0.488 e. The van der Waals surface area contributed by atoms with Crippen LogP contribution in [-0.4, -0.2) is 17.2 Å². The molecule has 74 heavy (non-hydrogen) atoms. The Morgan fingerprint density at radius 2 is 0.797 bits per heavy atom. The van der Waals surface area contributed by atoms with Gasteiger partial charge >= 0.3 is 7.12 Å². The molecule has 2 unspecified atom stereocenters. The molecule has 352 valence electrons. The number of benzene rings is 10. The molecular weight excluding hydrogens is 1020 g/mol. The largest absolute Gasteiger partial charge is 0.488 e. The molecule has 0 bridgehead atoms. The van der Waals surface area contributed by atoms with Gasteiger partial charge < -0.3 is 19.5 Å². The van der Waals surface area contributed by atoms with E-state index in [0.29, 0.717) is 16.6 Å². The van der Waals surface area contributed by atoms with Gasteiger partial charge in [0, 0.05) is 49.0 Å². The quantitative estimate of drug-likeness (QED) is 0.167. The fraction of sp³-hybridized carbons (Fsp3) is 0.0312. The first-order chi connectivity index (χ1) is 36.2. The van der Waals surface area contributed by atoms with Crippen LogP contribution in [0, 0.1) is 22.7 Å². The van der Waals surface area contributed by atoms with E-state index in [1.807, 2.05) is 84.9 Å². The Balaban J connectivity index is 0.000000127. The van der Waals surface area contributed by atoms with Gasteiger partial charge in [-0.15, -0.1) is 0 Å². The van der Waals surface area contributed by atoms with Crippen molar-refractivity contribution in [3.63, 3.8) is 0 Å². The summed E-state index contributed by atoms with van der Waals surface area (Å²) in [4.78, 5) is 0. The number of fused-ring (bicyclic) bond motifs is 18. The summed E-state index contributed by atoms with van der Waals surface area (Å²) in [5, 5.41) is 36.5. The molecule has 10 heteroatoms. The Morgan fingerprint density at radius 1 is 0.405 bits per heavy atom. The minimum atomic E-state index is -1.46. The standard InChI is InChI=1S/C32H18ClNO.C25H14BrClO.C7H6BNO2/c33-28-13-6-11-26-30(28)23-7-1-2-9-24(23)32(26)25-10-3-4-14-29(25)35-31-22(8-5-12-27(31)32)21-17-15-20(19-34)16-18-21;26-20-12-5-11-19-24(20)28-22-14-4-3-9-17(22)25(19)16-8-2-1-7-15(16)23-18(25)10-6-13-21(23)27;9-5-6-1-3-7(4-2-6)8(10)11/h1-18H;1-14H;1-4,10-11H. The Morgan fingerprint density at radius 3 is 1.31 bits per heavy atom. The number of rotatable bonds is 2. The third-order valence-electron chi connectivity index (χ3n) is 14.5. The van der Waals surface area contributed by atoms with Crippen LogP contribution < -0.4 is 14.9 Å². The molecule has 2 spiro atoms. The van der Waals surface area contributed by atoms with Crippen molar-refractivity contribution in [1.82, 2.24) is 0 Å². The summed E-state index contributed by atoms with van der Waals surface area (Å²) >= 11 is 17.3. The van der Waals surface area contributed by atoms with Gasteiger partial charge in [0.2, 0.25) is 0 Å². The average molecular weight is 1060 g/mol. The third kappa shape index (κ3) is 7.14. The number of para-hydroxylation sites is 4. The second-order valence-corrected chi connectivity index (χ2v) is 19.9. The van der Waals surface area contributed by atoms with E-state index in [1.165, 1.54) is 52.1 Å². The van der Waals surface area contributed by atoms with Gasteiger partial charge in [0.1, 0.15) is 23.0 Å². The monoisotopic (exact) mass is 1060 g/mol. The van der Waals surface area contributed by atoms with E-state index in [1.54, 1.807) is 0 Å². The van der Waals surface area contributed by atoms with Crippen LogP contribution in [0.3, 0.4) is 0 Å². The van der Waals surface area contributed by atoms with Crippen LogP contribution in [0.15, 0.2) is 223 Å². The molecule has 0 fully saturated rings. The summed E-state index contributed by atoms with van der Waals surface area (Å²) in [6, 6.07) is 76.7. The summed E-state index contributed by atoms with van der Waals surface area (Å²) in [6.45, 7) is 0. The summed E-state index contributed by atoms with van der Waals surface area (Å²) in [7, 11) is -1.46. The van der Waals surface area contributed by atoms with E-state index < -0.39 is 17.9 Å². The molecule has 6 nitrogen and oxygen atoms in total. The van der Waals surface area contributed by atoms with Crippen LogP contribution in [0.5, 0.6) is 23.0 Å². The highest BCUT2D eigenvalue weighted by Gasteiger charge is 2.53. The fourth-order valence-electron chi connectivity index (χ4n) is 11.5. The average Bonchev–Trinajstić information content (AvgIpc) is 3.95. The molecule has 14 rings (SSSR count). The smallest absolute Gasteiger partial charge is 0.456 e. The minimum absolute atomic E-state index is 0.393. The van der Waals surface area contributed by atoms with Crippen molar-refractivity contribution < 1.29 is 19.5 Å². The first-order valence-electron chi connectivity index (χ1n) is 23.8. The number of ether oxygens (including phenoxy) is 2. The first-order valence-corrected chi connectivity index (χ1v) is 25.4. The van der Waals surface area contributed by atoms with Gasteiger partial charge in [0.15, 0.2) is 0 Å². The van der Waals surface area contributed by atoms with Crippen molar-refractivity contribution >= 4 is 51.7 Å². The second-order valence-electron chi connectivity index (χ2n) is 18.2. The van der Waals surface area contributed by atoms with Crippen molar-refractivity contribution in [3.05, 3.63) is 289 Å². The summed E-state index contributed by atoms with van der Waals surface area (Å²) in [6.07, 6.45) is 0. The van der Waals surface area contributed by atoms with Gasteiger partial charge in [-0.3, -0.25) is 0 Å². The summed E-state index contributed by atoms with van der Waals surface area (Å²) in [5.41, 5.74) is 16.4. The minimum Gasteiger partial charge on any atom is -0.456 e. The van der Waals surface area contributed by atoms with Crippen molar-refractivity contribution in [2.24, 2.45) is 0 Å². The molecule has 10 aromatic rings. The highest BCUT2D eigenvalue weighted by atomic mass is 79.9. The van der Waals surface area contributed by atoms with Crippen LogP contribution in [-0.2, 0) is 10.8 Å². The van der Waals surface area contributed by atoms with Gasteiger partial charge in [-0.25, -0.2) is 0 Å². The molecule has 2 N–H and O–H groups in total. The lowest BCUT2D eigenvalue weighted by molar-refractivity contribution is 0.425. The molecule has 0 saturated heterocycles. The van der Waals surface area contributed by atoms with E-state index in [4.69, 9.17) is 48.0 Å². The summed E-state index contributed by atoms with van der Waals surface area (Å²) < 4.78 is 14.0. The number of hydrogen-bond donors (Lipinski definition) is 2. The van der Waals surface area contributed by atoms with E-state index in [9.17, 15) is 5.26 Å². The Labute approximate surface area is 446 Å². The van der Waals surface area contributed by atoms with E-state index in [2.05, 4.69) is 137 Å². The zero-order valence-corrected chi connectivity index (χ0v) is 42.2. The predicted molar refractivity (Wildman–Crippen MR) is 296 cm³/mol. The van der Waals surface area contributed by atoms with Crippen molar-refractivity contribution in [3.8, 4) is 68.5 Å². The highest BCUT2D eigenvalue weighted by molar-refractivity contribution is 9.10. The molecule has 0 saturated carbocycles. The number of halogens is 3. The molecule has 2 atom stereocenters. The van der Waals surface area contributed by atoms with Crippen molar-refractivity contribution in [1.29, 1.82) is 10.5 Å². The van der Waals surface area contributed by atoms with Gasteiger partial charge in [-0.05, 0) is 115 Å². The van der Waals surface area contributed by atoms with Crippen LogP contribution >= 0.6 is 39.1 Å². The summed E-state index contributed by atoms with van der Waals surface area (Å²) in [5.74, 6) is 3.41. The zero-order chi connectivity index (χ0) is 50.7. The molecular formula is C64H38BBrCl2N2O4. The molecule has 2 heterocycles. The van der Waals surface area contributed by atoms with Crippen LogP contribution in [0.2, 0.25) is 10.0 Å². The lowest BCUT2D eigenvalue weighted by Crippen LogP contribution is -2.32. The van der Waals surface area contributed by atoms with Crippen molar-refractivity contribution in [2.75, 3.05) is 0 Å². The number of nitriles is 2. The lowest BCUT2D eigenvalue weighted by Gasteiger charge is -2.40. The van der Waals surface area contributed by atoms with Gasteiger partial charge in [0.25, 0.3) is 0 Å². The first kappa shape index (κ1) is 46.9. The second kappa shape index (κ2) is 18.7. The lowest BCUT2D eigenvalue weighted by atomic mass is 9.65. The van der Waals surface area contributed by atoms with Crippen LogP contribution in [0.4, 0.5) is 0 Å². The molecule has 0 radical (unpaired) electrons. The van der Waals surface area contributed by atoms with E-state index in [0.717, 1.165) is 87.6 Å². The van der Waals surface area contributed by atoms with Crippen molar-refractivity contribution in [2.45, 2.75) is 10.8 Å². The SMILES string of the molecule is Clc1cccc2c1-c1ccccc1C21c2ccccc2Oc2c(Br)cccc21.N#Cc1ccc(-c2cccc3c2Oc2ccccc2C32c3ccccc3-c3c(Cl)cccc32)cc1.N#Cc1ccc(B(O)O)cc1. The van der Waals surface area contributed by atoms with E-state index >= 15 is 0 Å². The van der Waals surface area contributed by atoms with Gasteiger partial charge in [0.05, 0.1) is 38.6 Å². The number of hydrogen-bond acceptors (Lipinski definition) is 6. The maximum atomic E-state index is 9.26. The highest BCUT2D eigenvalue weighted by Crippen LogP contribution is 2.65. The zero-order valence-electron chi connectivity index (χ0n) is 39.1. The number of nitrogens with zero attached hydrogens (tertiary/aromatic N) is 2. The topological polar surface area (TPSA) is 106 Å². The van der Waals surface area contributed by atoms with Crippen LogP contribution in [0.25, 0.3) is 33.4 Å². The maximum absolute atomic E-state index is 9.26. The predicted octanol–water partition coefficient (Wildman–Crippen LogP) is 15.2. The Hall–Kier alpha value is -8.18. The molecule has 10 aromatic carbocycles. The fourth-order valence-corrected chi connectivity index (χ4v) is 12.5. The normalized spacial score (nSPS) is 15.9. The Kier molecular flexibility index (Phi) is 11.8. The van der Waals surface area contributed by atoms with Crippen LogP contribution in [0.1, 0.15) is 55.6 Å². The van der Waals surface area contributed by atoms with E-state index in [-0.39, 0.29) is 0 Å².